The Hall–Kier alpha value is -5.20. The molecule has 3 aliphatic carbocycles. The molecule has 0 radical (unpaired) electrons. The van der Waals surface area contributed by atoms with Crippen LogP contribution in [0.25, 0.3) is 77.5 Å². The van der Waals surface area contributed by atoms with Crippen LogP contribution >= 0.6 is 0 Å². The molecule has 1 unspecified atom stereocenters. The number of fused-ring (bicyclic) bond motifs is 9. The minimum atomic E-state index is -0.106. The number of hydrogen-bond acceptors (Lipinski definition) is 0. The molecule has 10 rings (SSSR count). The van der Waals surface area contributed by atoms with Gasteiger partial charge in [0.15, 0.2) is 0 Å². The van der Waals surface area contributed by atoms with E-state index in [0.29, 0.717) is 0 Å². The van der Waals surface area contributed by atoms with E-state index in [2.05, 4.69) is 161 Å². The van der Waals surface area contributed by atoms with Gasteiger partial charge in [0.2, 0.25) is 0 Å². The van der Waals surface area contributed by atoms with E-state index in [0.717, 1.165) is 12.8 Å². The second-order valence-corrected chi connectivity index (χ2v) is 15.0. The summed E-state index contributed by atoms with van der Waals surface area (Å²) < 4.78 is 0. The molecule has 0 aliphatic heterocycles. The zero-order valence-electron chi connectivity index (χ0n) is 28.1. The van der Waals surface area contributed by atoms with E-state index in [1.165, 1.54) is 99.8 Å². The highest BCUT2D eigenvalue weighted by atomic mass is 14.4. The molecular formula is C48H38. The van der Waals surface area contributed by atoms with E-state index in [4.69, 9.17) is 0 Å². The van der Waals surface area contributed by atoms with Crippen LogP contribution in [0.3, 0.4) is 0 Å². The molecule has 0 spiro atoms. The molecule has 1 atom stereocenters. The molecule has 0 heterocycles. The van der Waals surface area contributed by atoms with Gasteiger partial charge in [-0.3, -0.25) is 0 Å². The summed E-state index contributed by atoms with van der Waals surface area (Å²) in [6.45, 7) is 9.58. The summed E-state index contributed by atoms with van der Waals surface area (Å²) in [5, 5.41) is 2.72. The standard InChI is InChI=1S/C48H38/c1-5-25-48(4)42-16-9-8-13-35(42)38-21-18-30(27-45(38)48)29-17-20-36-37-22-19-31(28-44(37)47(2,3)43(36)26-29)32-23-24-41-34-12-7-6-11-33(34)40-15-10-14-39(32)46(40)41/h6-24,26-28H,5,25H2,1-4H3. The third-order valence-electron chi connectivity index (χ3n) is 12.0. The van der Waals surface area contributed by atoms with Crippen molar-refractivity contribution in [3.05, 3.63) is 156 Å². The lowest BCUT2D eigenvalue weighted by atomic mass is 9.76. The van der Waals surface area contributed by atoms with Gasteiger partial charge in [0, 0.05) is 10.8 Å². The van der Waals surface area contributed by atoms with Gasteiger partial charge in [0.1, 0.15) is 0 Å². The topological polar surface area (TPSA) is 0 Å². The Morgan fingerprint density at radius 1 is 0.396 bits per heavy atom. The fourth-order valence-corrected chi connectivity index (χ4v) is 9.67. The molecule has 0 amide bonds. The minimum absolute atomic E-state index is 0.0464. The van der Waals surface area contributed by atoms with E-state index >= 15 is 0 Å². The van der Waals surface area contributed by atoms with Gasteiger partial charge in [-0.05, 0) is 124 Å². The molecule has 0 N–H and O–H groups in total. The van der Waals surface area contributed by atoms with Crippen molar-refractivity contribution in [1.82, 2.24) is 0 Å². The van der Waals surface area contributed by atoms with Crippen molar-refractivity contribution < 1.29 is 0 Å². The Morgan fingerprint density at radius 3 is 1.56 bits per heavy atom. The Labute approximate surface area is 283 Å². The molecule has 3 aliphatic rings. The molecule has 0 saturated carbocycles. The molecule has 0 heteroatoms. The summed E-state index contributed by atoms with van der Waals surface area (Å²) in [6, 6.07) is 51.0. The van der Waals surface area contributed by atoms with Crippen LogP contribution < -0.4 is 0 Å². The molecule has 0 fully saturated rings. The van der Waals surface area contributed by atoms with Crippen LogP contribution in [0.5, 0.6) is 0 Å². The van der Waals surface area contributed by atoms with Crippen LogP contribution in [0.1, 0.15) is 62.8 Å². The average molecular weight is 615 g/mol. The summed E-state index contributed by atoms with van der Waals surface area (Å²) >= 11 is 0. The lowest BCUT2D eigenvalue weighted by molar-refractivity contribution is 0.524. The normalized spacial score (nSPS) is 17.2. The maximum absolute atomic E-state index is 2.49. The molecule has 230 valence electrons. The molecule has 7 aromatic carbocycles. The van der Waals surface area contributed by atoms with Crippen LogP contribution in [0.2, 0.25) is 0 Å². The highest BCUT2D eigenvalue weighted by Crippen LogP contribution is 2.55. The van der Waals surface area contributed by atoms with Crippen molar-refractivity contribution in [2.24, 2.45) is 0 Å². The van der Waals surface area contributed by atoms with E-state index in [1.54, 1.807) is 0 Å². The van der Waals surface area contributed by atoms with Crippen molar-refractivity contribution in [2.75, 3.05) is 0 Å². The Balaban J connectivity index is 1.06. The molecule has 0 aromatic heterocycles. The molecule has 0 bridgehead atoms. The third-order valence-corrected chi connectivity index (χ3v) is 12.0. The number of benzene rings is 7. The van der Waals surface area contributed by atoms with Gasteiger partial charge in [-0.25, -0.2) is 0 Å². The molecule has 48 heavy (non-hydrogen) atoms. The summed E-state index contributed by atoms with van der Waals surface area (Å²) in [5.41, 5.74) is 21.9. The second-order valence-electron chi connectivity index (χ2n) is 15.0. The first-order chi connectivity index (χ1) is 23.4. The largest absolute Gasteiger partial charge is 0.0653 e. The third kappa shape index (κ3) is 3.56. The number of hydrogen-bond donors (Lipinski definition) is 0. The van der Waals surface area contributed by atoms with Gasteiger partial charge in [0.25, 0.3) is 0 Å². The van der Waals surface area contributed by atoms with E-state index in [9.17, 15) is 0 Å². The molecule has 7 aromatic rings. The van der Waals surface area contributed by atoms with Crippen molar-refractivity contribution >= 4 is 10.8 Å². The first-order valence-corrected chi connectivity index (χ1v) is 17.6. The quantitative estimate of drug-likeness (QED) is 0.185. The average Bonchev–Trinajstić information content (AvgIpc) is 3.67. The fourth-order valence-electron chi connectivity index (χ4n) is 9.67. The van der Waals surface area contributed by atoms with Gasteiger partial charge >= 0.3 is 0 Å². The van der Waals surface area contributed by atoms with Crippen molar-refractivity contribution in [2.45, 2.75) is 51.4 Å². The highest BCUT2D eigenvalue weighted by Gasteiger charge is 2.39. The van der Waals surface area contributed by atoms with E-state index < -0.39 is 0 Å². The van der Waals surface area contributed by atoms with E-state index in [-0.39, 0.29) is 10.8 Å². The predicted octanol–water partition coefficient (Wildman–Crippen LogP) is 13.2. The molecule has 0 saturated heterocycles. The maximum Gasteiger partial charge on any atom is 0.0187 e. The number of rotatable bonds is 4. The van der Waals surface area contributed by atoms with Crippen molar-refractivity contribution in [3.8, 4) is 66.8 Å². The Bertz CT molecular complexity index is 2480. The van der Waals surface area contributed by atoms with Crippen molar-refractivity contribution in [3.63, 3.8) is 0 Å². The Morgan fingerprint density at radius 2 is 0.875 bits per heavy atom. The first-order valence-electron chi connectivity index (χ1n) is 17.6. The van der Waals surface area contributed by atoms with Crippen LogP contribution in [-0.2, 0) is 10.8 Å². The Kier molecular flexibility index (Phi) is 5.62. The zero-order chi connectivity index (χ0) is 32.4. The predicted molar refractivity (Wildman–Crippen MR) is 204 cm³/mol. The van der Waals surface area contributed by atoms with E-state index in [1.807, 2.05) is 0 Å². The van der Waals surface area contributed by atoms with Gasteiger partial charge in [-0.1, -0.05) is 149 Å². The minimum Gasteiger partial charge on any atom is -0.0653 e. The van der Waals surface area contributed by atoms with Crippen molar-refractivity contribution in [1.29, 1.82) is 0 Å². The second kappa shape index (κ2) is 9.68. The van der Waals surface area contributed by atoms with Crippen LogP contribution in [0.4, 0.5) is 0 Å². The highest BCUT2D eigenvalue weighted by molar-refractivity contribution is 6.18. The van der Waals surface area contributed by atoms with Gasteiger partial charge in [-0.2, -0.15) is 0 Å². The lowest BCUT2D eigenvalue weighted by Gasteiger charge is -2.27. The van der Waals surface area contributed by atoms with Crippen LogP contribution in [0, 0.1) is 0 Å². The smallest absolute Gasteiger partial charge is 0.0187 e. The SMILES string of the molecule is CCCC1(C)c2ccccc2-c2ccc(-c3ccc4c(c3)C(C)(C)c3cc(-c5ccc6c7c(cccc57)-c5ccccc5-6)ccc3-4)cc21. The molecular weight excluding hydrogens is 577 g/mol. The summed E-state index contributed by atoms with van der Waals surface area (Å²) in [5.74, 6) is 0. The fraction of sp³-hybridized carbons (Fsp3) is 0.167. The van der Waals surface area contributed by atoms with Gasteiger partial charge < -0.3 is 0 Å². The maximum atomic E-state index is 2.49. The summed E-state index contributed by atoms with van der Waals surface area (Å²) in [7, 11) is 0. The summed E-state index contributed by atoms with van der Waals surface area (Å²) in [6.07, 6.45) is 2.32. The van der Waals surface area contributed by atoms with Gasteiger partial charge in [0.05, 0.1) is 0 Å². The van der Waals surface area contributed by atoms with Crippen LogP contribution in [-0.4, -0.2) is 0 Å². The first kappa shape index (κ1) is 27.9. The van der Waals surface area contributed by atoms with Crippen LogP contribution in [0.15, 0.2) is 133 Å². The zero-order valence-corrected chi connectivity index (χ0v) is 28.1. The van der Waals surface area contributed by atoms with Gasteiger partial charge in [-0.15, -0.1) is 0 Å². The monoisotopic (exact) mass is 614 g/mol. The summed E-state index contributed by atoms with van der Waals surface area (Å²) in [4.78, 5) is 0. The molecule has 0 nitrogen and oxygen atoms in total. The lowest BCUT2D eigenvalue weighted by Crippen LogP contribution is -2.20.